The molecule has 1 aromatic carbocycles. The zero-order chi connectivity index (χ0) is 16.2. The van der Waals surface area contributed by atoms with Gasteiger partial charge in [0.05, 0.1) is 6.04 Å². The number of carbonyl (C=O) groups is 1. The van der Waals surface area contributed by atoms with Crippen LogP contribution < -0.4 is 16.2 Å². The highest BCUT2D eigenvalue weighted by Gasteiger charge is 2.31. The van der Waals surface area contributed by atoms with Crippen molar-refractivity contribution in [2.24, 2.45) is 0 Å². The Morgan fingerprint density at radius 1 is 1.43 bits per heavy atom. The molecule has 4 N–H and O–H groups in total. The summed E-state index contributed by atoms with van der Waals surface area (Å²) in [5.74, 6) is 0.969. The second-order valence-electron chi connectivity index (χ2n) is 4.98. The number of hydrogen-bond acceptors (Lipinski definition) is 8. The Balaban J connectivity index is 1.60. The smallest absolute Gasteiger partial charge is 0.244 e. The van der Waals surface area contributed by atoms with Gasteiger partial charge in [0, 0.05) is 5.56 Å². The molecule has 0 bridgehead atoms. The van der Waals surface area contributed by atoms with Gasteiger partial charge < -0.3 is 5.11 Å². The lowest BCUT2D eigenvalue weighted by Gasteiger charge is -2.11. The quantitative estimate of drug-likeness (QED) is 0.482. The molecule has 1 aliphatic rings. The van der Waals surface area contributed by atoms with Gasteiger partial charge in [-0.3, -0.25) is 10.1 Å². The Labute approximate surface area is 141 Å². The summed E-state index contributed by atoms with van der Waals surface area (Å²) in [5.41, 5.74) is 6.78. The topological polar surface area (TPSA) is 99.2 Å². The molecule has 23 heavy (non-hydrogen) atoms. The minimum absolute atomic E-state index is 0.118. The molecule has 9 heteroatoms. The van der Waals surface area contributed by atoms with Crippen molar-refractivity contribution < 1.29 is 9.90 Å². The lowest BCUT2D eigenvalue weighted by molar-refractivity contribution is -0.117. The number of carbonyl (C=O) groups excluding carboxylic acids is 1. The van der Waals surface area contributed by atoms with Gasteiger partial charge in [-0.1, -0.05) is 48.2 Å². The monoisotopic (exact) mass is 351 g/mol. The van der Waals surface area contributed by atoms with Crippen LogP contribution >= 0.6 is 23.1 Å². The summed E-state index contributed by atoms with van der Waals surface area (Å²) in [5, 5.41) is 21.1. The van der Waals surface area contributed by atoms with Gasteiger partial charge in [0.25, 0.3) is 0 Å². The predicted octanol–water partition coefficient (Wildman–Crippen LogP) is 1.90. The van der Waals surface area contributed by atoms with E-state index in [0.29, 0.717) is 11.6 Å². The number of aromatic hydroxyl groups is 1. The first-order valence-corrected chi connectivity index (χ1v) is 9.03. The fourth-order valence-corrected chi connectivity index (χ4v) is 4.00. The highest BCUT2D eigenvalue weighted by Crippen LogP contribution is 2.30. The molecule has 2 unspecified atom stereocenters. The lowest BCUT2D eigenvalue weighted by Crippen LogP contribution is -2.39. The third kappa shape index (κ3) is 3.81. The van der Waals surface area contributed by atoms with E-state index in [0.717, 1.165) is 15.7 Å². The summed E-state index contributed by atoms with van der Waals surface area (Å²) in [6, 6.07) is 6.59. The van der Waals surface area contributed by atoms with E-state index in [2.05, 4.69) is 26.4 Å². The first-order chi connectivity index (χ1) is 11.2. The maximum absolute atomic E-state index is 12.3. The second-order valence-corrected chi connectivity index (χ2v) is 7.47. The van der Waals surface area contributed by atoms with E-state index in [-0.39, 0.29) is 17.7 Å². The van der Waals surface area contributed by atoms with Gasteiger partial charge in [-0.2, -0.15) is 0 Å². The standard InChI is InChI=1S/C14H17N5O2S2/c1-2-22-14-19-18-13(23-14)15-12(21)10-7-9(16-17-10)8-5-3-4-6-11(8)20/h3-6,9-10,16-17,20H,2,7H2,1H3,(H,15,18,21). The fraction of sp³-hybridized carbons (Fsp3) is 0.357. The van der Waals surface area contributed by atoms with Crippen molar-refractivity contribution in [3.63, 3.8) is 0 Å². The van der Waals surface area contributed by atoms with Crippen LogP contribution in [0, 0.1) is 0 Å². The number of thioether (sulfide) groups is 1. The van der Waals surface area contributed by atoms with Crippen LogP contribution in [0.2, 0.25) is 0 Å². The third-order valence-corrected chi connectivity index (χ3v) is 5.29. The molecule has 3 rings (SSSR count). The molecular formula is C14H17N5O2S2. The molecule has 1 amide bonds. The van der Waals surface area contributed by atoms with Crippen LogP contribution in [0.15, 0.2) is 28.6 Å². The molecule has 7 nitrogen and oxygen atoms in total. The number of phenols is 1. The Hall–Kier alpha value is -1.68. The number of anilines is 1. The molecule has 122 valence electrons. The molecule has 1 fully saturated rings. The number of nitrogens with zero attached hydrogens (tertiary/aromatic N) is 2. The number of aromatic nitrogens is 2. The van der Waals surface area contributed by atoms with E-state index in [1.54, 1.807) is 23.9 Å². The van der Waals surface area contributed by atoms with E-state index < -0.39 is 6.04 Å². The molecule has 0 spiro atoms. The summed E-state index contributed by atoms with van der Waals surface area (Å²) < 4.78 is 0.840. The number of nitrogens with one attached hydrogen (secondary N) is 3. The van der Waals surface area contributed by atoms with E-state index in [1.165, 1.54) is 11.3 Å². The van der Waals surface area contributed by atoms with Gasteiger partial charge in [-0.25, -0.2) is 10.9 Å². The highest BCUT2D eigenvalue weighted by atomic mass is 32.2. The second kappa shape index (κ2) is 7.26. The lowest BCUT2D eigenvalue weighted by atomic mass is 10.0. The van der Waals surface area contributed by atoms with Crippen molar-refractivity contribution in [1.29, 1.82) is 0 Å². The number of phenolic OH excluding ortho intramolecular Hbond substituents is 1. The van der Waals surface area contributed by atoms with Crippen LogP contribution in [0.3, 0.4) is 0 Å². The van der Waals surface area contributed by atoms with Crippen molar-refractivity contribution in [2.45, 2.75) is 29.8 Å². The molecule has 1 aliphatic heterocycles. The average molecular weight is 351 g/mol. The van der Waals surface area contributed by atoms with Gasteiger partial charge >= 0.3 is 0 Å². The van der Waals surface area contributed by atoms with Crippen LogP contribution in [0.5, 0.6) is 5.75 Å². The largest absolute Gasteiger partial charge is 0.508 e. The SMILES string of the molecule is CCSc1nnc(NC(=O)C2CC(c3ccccc3O)NN2)s1. The van der Waals surface area contributed by atoms with E-state index in [9.17, 15) is 9.90 Å². The van der Waals surface area contributed by atoms with Gasteiger partial charge in [0.1, 0.15) is 11.8 Å². The first kappa shape index (κ1) is 16.2. The number of hydrazine groups is 1. The van der Waals surface area contributed by atoms with E-state index in [1.807, 2.05) is 19.1 Å². The molecule has 1 aromatic heterocycles. The highest BCUT2D eigenvalue weighted by molar-refractivity contribution is 8.01. The van der Waals surface area contributed by atoms with Crippen molar-refractivity contribution in [1.82, 2.24) is 21.0 Å². The zero-order valence-electron chi connectivity index (χ0n) is 12.4. The Morgan fingerprint density at radius 2 is 2.26 bits per heavy atom. The summed E-state index contributed by atoms with van der Waals surface area (Å²) in [7, 11) is 0. The number of rotatable bonds is 5. The Morgan fingerprint density at radius 3 is 3.04 bits per heavy atom. The first-order valence-electron chi connectivity index (χ1n) is 7.23. The van der Waals surface area contributed by atoms with Crippen molar-refractivity contribution in [3.05, 3.63) is 29.8 Å². The average Bonchev–Trinajstić information content (AvgIpc) is 3.18. The number of amides is 1. The van der Waals surface area contributed by atoms with Crippen LogP contribution in [0.4, 0.5) is 5.13 Å². The third-order valence-electron chi connectivity index (χ3n) is 3.44. The molecule has 1 saturated heterocycles. The van der Waals surface area contributed by atoms with Crippen LogP contribution in [-0.4, -0.2) is 33.0 Å². The minimum atomic E-state index is -0.397. The minimum Gasteiger partial charge on any atom is -0.508 e. The van der Waals surface area contributed by atoms with Crippen molar-refractivity contribution >= 4 is 34.1 Å². The summed E-state index contributed by atoms with van der Waals surface area (Å²) >= 11 is 2.96. The molecule has 0 saturated carbocycles. The molecule has 2 heterocycles. The van der Waals surface area contributed by atoms with Gasteiger partial charge in [-0.05, 0) is 18.2 Å². The molecule has 2 atom stereocenters. The predicted molar refractivity (Wildman–Crippen MR) is 90.5 cm³/mol. The Bertz CT molecular complexity index is 693. The number of benzene rings is 1. The maximum atomic E-state index is 12.3. The fourth-order valence-electron chi connectivity index (χ4n) is 2.35. The molecule has 0 radical (unpaired) electrons. The number of hydrogen-bond donors (Lipinski definition) is 4. The van der Waals surface area contributed by atoms with E-state index >= 15 is 0 Å². The van der Waals surface area contributed by atoms with Gasteiger partial charge in [0.2, 0.25) is 11.0 Å². The van der Waals surface area contributed by atoms with Crippen LogP contribution in [0.25, 0.3) is 0 Å². The van der Waals surface area contributed by atoms with Crippen molar-refractivity contribution in [2.75, 3.05) is 11.1 Å². The summed E-state index contributed by atoms with van der Waals surface area (Å²) in [4.78, 5) is 12.3. The molecule has 2 aromatic rings. The zero-order valence-corrected chi connectivity index (χ0v) is 14.1. The summed E-state index contributed by atoms with van der Waals surface area (Å²) in [6.45, 7) is 2.04. The molecular weight excluding hydrogens is 334 g/mol. The molecule has 0 aliphatic carbocycles. The van der Waals surface area contributed by atoms with Crippen molar-refractivity contribution in [3.8, 4) is 5.75 Å². The van der Waals surface area contributed by atoms with Crippen LogP contribution in [0.1, 0.15) is 24.9 Å². The van der Waals surface area contributed by atoms with Gasteiger partial charge in [0.15, 0.2) is 4.34 Å². The van der Waals surface area contributed by atoms with E-state index in [4.69, 9.17) is 0 Å². The maximum Gasteiger partial charge on any atom is 0.244 e. The summed E-state index contributed by atoms with van der Waals surface area (Å²) in [6.07, 6.45) is 0.540. The van der Waals surface area contributed by atoms with Crippen LogP contribution in [-0.2, 0) is 4.79 Å². The Kier molecular flexibility index (Phi) is 5.11. The normalized spacial score (nSPS) is 20.6. The number of para-hydroxylation sites is 1. The van der Waals surface area contributed by atoms with Gasteiger partial charge in [-0.15, -0.1) is 10.2 Å².